The molecule has 34 heavy (non-hydrogen) atoms. The summed E-state index contributed by atoms with van der Waals surface area (Å²) < 4.78 is 43.7. The van der Waals surface area contributed by atoms with Crippen LogP contribution in [-0.4, -0.2) is 80.3 Å². The van der Waals surface area contributed by atoms with E-state index in [9.17, 15) is 8.42 Å². The number of nitrogens with zero attached hydrogens (tertiary/aromatic N) is 3. The van der Waals surface area contributed by atoms with Gasteiger partial charge in [0.1, 0.15) is 17.2 Å². The summed E-state index contributed by atoms with van der Waals surface area (Å²) in [6.45, 7) is 2.67. The number of ether oxygens (including phenoxy) is 3. The lowest BCUT2D eigenvalue weighted by Crippen LogP contribution is -2.40. The van der Waals surface area contributed by atoms with Crippen molar-refractivity contribution in [1.82, 2.24) is 19.3 Å². The Kier molecular flexibility index (Phi) is 6.49. The third kappa shape index (κ3) is 4.51. The maximum absolute atomic E-state index is 13.0. The quantitative estimate of drug-likeness (QED) is 0.440. The first-order valence-corrected chi connectivity index (χ1v) is 12.7. The van der Waals surface area contributed by atoms with Gasteiger partial charge in [0, 0.05) is 32.0 Å². The lowest BCUT2D eigenvalue weighted by atomic mass is 10.2. The van der Waals surface area contributed by atoms with E-state index in [1.54, 1.807) is 12.3 Å². The van der Waals surface area contributed by atoms with Gasteiger partial charge in [0.15, 0.2) is 0 Å². The van der Waals surface area contributed by atoms with Gasteiger partial charge in [-0.05, 0) is 18.6 Å². The van der Waals surface area contributed by atoms with Crippen LogP contribution in [0.15, 0.2) is 29.3 Å². The van der Waals surface area contributed by atoms with Crippen LogP contribution < -0.4 is 15.4 Å². The first kappa shape index (κ1) is 23.1. The van der Waals surface area contributed by atoms with Crippen molar-refractivity contribution in [2.24, 2.45) is 0 Å². The number of sulfonamides is 1. The van der Waals surface area contributed by atoms with Crippen molar-refractivity contribution in [3.05, 3.63) is 29.4 Å². The number of aromatic amines is 1. The smallest absolute Gasteiger partial charge is 0.243 e. The molecule has 2 aliphatic rings. The first-order chi connectivity index (χ1) is 16.5. The number of hydrogen-bond donors (Lipinski definition) is 3. The number of hydrogen-bond acceptors (Lipinski definition) is 9. The van der Waals surface area contributed by atoms with Crippen molar-refractivity contribution in [1.29, 1.82) is 0 Å². The summed E-state index contributed by atoms with van der Waals surface area (Å²) in [5.41, 5.74) is 1.09. The van der Waals surface area contributed by atoms with Crippen LogP contribution in [0.1, 0.15) is 6.42 Å². The molecule has 13 heteroatoms. The van der Waals surface area contributed by atoms with E-state index < -0.39 is 10.0 Å². The van der Waals surface area contributed by atoms with Crippen LogP contribution in [0, 0.1) is 0 Å². The molecule has 2 saturated heterocycles. The molecule has 11 nitrogen and oxygen atoms in total. The zero-order valence-electron chi connectivity index (χ0n) is 18.5. The summed E-state index contributed by atoms with van der Waals surface area (Å²) in [6, 6.07) is 4.79. The number of halogens is 1. The molecular formula is C21H25ClN6O5S. The summed E-state index contributed by atoms with van der Waals surface area (Å²) >= 11 is 6.36. The van der Waals surface area contributed by atoms with E-state index >= 15 is 0 Å². The van der Waals surface area contributed by atoms with Crippen LogP contribution >= 0.6 is 11.6 Å². The molecule has 0 aliphatic carbocycles. The van der Waals surface area contributed by atoms with Gasteiger partial charge >= 0.3 is 0 Å². The van der Waals surface area contributed by atoms with Crippen molar-refractivity contribution >= 4 is 50.1 Å². The van der Waals surface area contributed by atoms with Crippen molar-refractivity contribution in [2.75, 3.05) is 57.3 Å². The fraction of sp³-hybridized carbons (Fsp3) is 0.429. The Labute approximate surface area is 201 Å². The molecule has 4 heterocycles. The van der Waals surface area contributed by atoms with Crippen molar-refractivity contribution in [3.63, 3.8) is 0 Å². The van der Waals surface area contributed by atoms with E-state index in [0.29, 0.717) is 78.8 Å². The summed E-state index contributed by atoms with van der Waals surface area (Å²) in [5, 5.41) is 7.73. The monoisotopic (exact) mass is 508 g/mol. The predicted molar refractivity (Wildman–Crippen MR) is 128 cm³/mol. The summed E-state index contributed by atoms with van der Waals surface area (Å²) in [7, 11) is -2.18. The lowest BCUT2D eigenvalue weighted by Gasteiger charge is -2.26. The molecular weight excluding hydrogens is 484 g/mol. The van der Waals surface area contributed by atoms with Crippen molar-refractivity contribution < 1.29 is 22.6 Å². The minimum absolute atomic E-state index is 0.121. The Morgan fingerprint density at radius 3 is 2.76 bits per heavy atom. The van der Waals surface area contributed by atoms with E-state index in [1.165, 1.54) is 23.5 Å². The standard InChI is InChI=1S/C21H25ClN6O5S/c1-31-17-10-14(34(29,30)28-5-8-32-9-6-28)2-3-16(17)25-21-26-19-18(15(22)11-23-19)20(27-21)24-13-4-7-33-12-13/h2-3,10-11,13H,4-9,12H2,1H3,(H3,23,24,25,26,27)/t13-/m0/s1. The van der Waals surface area contributed by atoms with Crippen LogP contribution in [0.3, 0.4) is 0 Å². The van der Waals surface area contributed by atoms with Gasteiger partial charge in [0.25, 0.3) is 0 Å². The van der Waals surface area contributed by atoms with Gasteiger partial charge in [-0.1, -0.05) is 11.6 Å². The SMILES string of the molecule is COc1cc(S(=O)(=O)N2CCOCC2)ccc1Nc1nc(N[C@H]2CCOC2)c2c(Cl)c[nH]c2n1. The third-order valence-corrected chi connectivity index (χ3v) is 7.97. The summed E-state index contributed by atoms with van der Waals surface area (Å²) in [6.07, 6.45) is 2.52. The molecule has 0 amide bonds. The Balaban J connectivity index is 1.45. The number of anilines is 3. The van der Waals surface area contributed by atoms with Gasteiger partial charge in [-0.3, -0.25) is 0 Å². The Hall–Kier alpha value is -2.64. The highest BCUT2D eigenvalue weighted by molar-refractivity contribution is 7.89. The molecule has 1 aromatic carbocycles. The number of benzene rings is 1. The summed E-state index contributed by atoms with van der Waals surface area (Å²) in [5.74, 6) is 1.23. The molecule has 0 bridgehead atoms. The van der Waals surface area contributed by atoms with Gasteiger partial charge in [0.05, 0.1) is 54.0 Å². The van der Waals surface area contributed by atoms with Crippen LogP contribution in [0.4, 0.5) is 17.5 Å². The Bertz CT molecular complexity index is 1290. The van der Waals surface area contributed by atoms with Gasteiger partial charge < -0.3 is 29.8 Å². The minimum atomic E-state index is -3.66. The maximum Gasteiger partial charge on any atom is 0.243 e. The lowest BCUT2D eigenvalue weighted by molar-refractivity contribution is 0.0730. The molecule has 1 atom stereocenters. The predicted octanol–water partition coefficient (Wildman–Crippen LogP) is 2.59. The van der Waals surface area contributed by atoms with Gasteiger partial charge in [-0.15, -0.1) is 0 Å². The molecule has 0 radical (unpaired) electrons. The van der Waals surface area contributed by atoms with Crippen LogP contribution in [-0.2, 0) is 19.5 Å². The van der Waals surface area contributed by atoms with Crippen LogP contribution in [0.25, 0.3) is 11.0 Å². The van der Waals surface area contributed by atoms with E-state index in [1.807, 2.05) is 0 Å². The fourth-order valence-corrected chi connectivity index (χ4v) is 5.65. The van der Waals surface area contributed by atoms with E-state index in [-0.39, 0.29) is 10.9 Å². The van der Waals surface area contributed by atoms with Crippen molar-refractivity contribution in [3.8, 4) is 5.75 Å². The van der Waals surface area contributed by atoms with Crippen LogP contribution in [0.5, 0.6) is 5.75 Å². The molecule has 2 aliphatic heterocycles. The second kappa shape index (κ2) is 9.55. The number of nitrogens with one attached hydrogen (secondary N) is 3. The zero-order chi connectivity index (χ0) is 23.7. The van der Waals surface area contributed by atoms with Gasteiger partial charge in [-0.25, -0.2) is 8.42 Å². The molecule has 2 aromatic heterocycles. The largest absolute Gasteiger partial charge is 0.495 e. The topological polar surface area (TPSA) is 131 Å². The number of rotatable bonds is 7. The molecule has 0 unspecified atom stereocenters. The van der Waals surface area contributed by atoms with Crippen LogP contribution in [0.2, 0.25) is 5.02 Å². The highest BCUT2D eigenvalue weighted by Gasteiger charge is 2.27. The molecule has 3 N–H and O–H groups in total. The second-order valence-electron chi connectivity index (χ2n) is 7.96. The maximum atomic E-state index is 13.0. The van der Waals surface area contributed by atoms with E-state index in [4.69, 9.17) is 25.8 Å². The van der Waals surface area contributed by atoms with E-state index in [2.05, 4.69) is 25.6 Å². The normalized spacial score (nSPS) is 19.4. The van der Waals surface area contributed by atoms with E-state index in [0.717, 1.165) is 6.42 Å². The molecule has 0 spiro atoms. The number of aromatic nitrogens is 3. The third-order valence-electron chi connectivity index (χ3n) is 5.78. The number of fused-ring (bicyclic) bond motifs is 1. The minimum Gasteiger partial charge on any atom is -0.495 e. The average molecular weight is 509 g/mol. The highest BCUT2D eigenvalue weighted by atomic mass is 35.5. The van der Waals surface area contributed by atoms with Gasteiger partial charge in [0.2, 0.25) is 16.0 Å². The fourth-order valence-electron chi connectivity index (χ4n) is 3.99. The summed E-state index contributed by atoms with van der Waals surface area (Å²) in [4.78, 5) is 12.3. The zero-order valence-corrected chi connectivity index (χ0v) is 20.1. The Morgan fingerprint density at radius 2 is 2.03 bits per heavy atom. The molecule has 3 aromatic rings. The molecule has 2 fully saturated rings. The van der Waals surface area contributed by atoms with Gasteiger partial charge in [-0.2, -0.15) is 14.3 Å². The molecule has 0 saturated carbocycles. The Morgan fingerprint density at radius 1 is 1.21 bits per heavy atom. The molecule has 182 valence electrons. The number of morpholine rings is 1. The second-order valence-corrected chi connectivity index (χ2v) is 10.3. The first-order valence-electron chi connectivity index (χ1n) is 10.9. The molecule has 5 rings (SSSR count). The average Bonchev–Trinajstić information content (AvgIpc) is 3.49. The number of H-pyrrole nitrogens is 1. The van der Waals surface area contributed by atoms with Crippen molar-refractivity contribution in [2.45, 2.75) is 17.4 Å². The number of methoxy groups -OCH3 is 1. The highest BCUT2D eigenvalue weighted by Crippen LogP contribution is 2.34.